The fraction of sp³-hybridized carbons (Fsp3) is 0.294. The first-order valence-corrected chi connectivity index (χ1v) is 8.04. The number of amides is 1. The number of halogens is 3. The van der Waals surface area contributed by atoms with Crippen LogP contribution in [0.3, 0.4) is 0 Å². The number of alkyl halides is 3. The Morgan fingerprint density at radius 1 is 1.35 bits per heavy atom. The van der Waals surface area contributed by atoms with Gasteiger partial charge >= 0.3 is 6.18 Å². The van der Waals surface area contributed by atoms with Crippen molar-refractivity contribution in [1.82, 2.24) is 19.6 Å². The minimum absolute atomic E-state index is 0.0363. The van der Waals surface area contributed by atoms with Gasteiger partial charge in [-0.3, -0.25) is 9.20 Å². The maximum Gasteiger partial charge on any atom is 0.417 e. The number of rotatable bonds is 2. The lowest BCUT2D eigenvalue weighted by molar-refractivity contribution is -0.137. The number of fused-ring (bicyclic) bond motifs is 3. The number of carbonyl (C=O) groups is 1. The molecule has 3 aromatic heterocycles. The van der Waals surface area contributed by atoms with Gasteiger partial charge in [0.2, 0.25) is 0 Å². The van der Waals surface area contributed by atoms with Gasteiger partial charge in [0.1, 0.15) is 12.1 Å². The van der Waals surface area contributed by atoms with Crippen LogP contribution in [0.1, 0.15) is 46.4 Å². The highest BCUT2D eigenvalue weighted by Crippen LogP contribution is 2.34. The second-order valence-electron chi connectivity index (χ2n) is 6.31. The summed E-state index contributed by atoms with van der Waals surface area (Å²) < 4.78 is 39.6. The van der Waals surface area contributed by atoms with Gasteiger partial charge in [0.15, 0.2) is 5.65 Å². The van der Waals surface area contributed by atoms with Gasteiger partial charge in [0.25, 0.3) is 5.91 Å². The summed E-state index contributed by atoms with van der Waals surface area (Å²) in [7, 11) is 0. The number of pyridine rings is 2. The number of nitrogens with one attached hydrogen (secondary N) is 1. The summed E-state index contributed by atoms with van der Waals surface area (Å²) in [6.07, 6.45) is -0.354. The topological polar surface area (TPSA) is 72.2 Å². The molecule has 1 amide bonds. The van der Waals surface area contributed by atoms with Crippen molar-refractivity contribution >= 4 is 17.4 Å². The van der Waals surface area contributed by atoms with Crippen LogP contribution in [0, 0.1) is 0 Å². The summed E-state index contributed by atoms with van der Waals surface area (Å²) in [4.78, 5) is 16.3. The Bertz CT molecular complexity index is 994. The van der Waals surface area contributed by atoms with Gasteiger partial charge < -0.3 is 5.32 Å². The number of anilines is 1. The average molecular weight is 361 g/mol. The number of aromatic nitrogens is 4. The van der Waals surface area contributed by atoms with Gasteiger partial charge in [-0.25, -0.2) is 4.98 Å². The van der Waals surface area contributed by atoms with Crippen molar-refractivity contribution in [3.05, 3.63) is 53.1 Å². The summed E-state index contributed by atoms with van der Waals surface area (Å²) in [6, 6.07) is 3.79. The molecule has 9 heteroatoms. The standard InChI is InChI=1S/C17H14F3N5O/c1-9-2-4-13-11(9)6-12(15-24-22-8-25(13)15)16(26)23-14-5-3-10(7-21-14)17(18,19)20/h3,5-9H,2,4H2,1H3,(H,21,23,26)/t9-/m1/s1. The Labute approximate surface area is 146 Å². The molecular formula is C17H14F3N5O. The van der Waals surface area contributed by atoms with Crippen molar-refractivity contribution in [3.63, 3.8) is 0 Å². The van der Waals surface area contributed by atoms with Crippen molar-refractivity contribution in [2.75, 3.05) is 5.32 Å². The SMILES string of the molecule is C[C@@H]1CCc2c1cc(C(=O)Nc1ccc(C(F)(F)F)cn1)c1nncn21. The molecular weight excluding hydrogens is 347 g/mol. The Morgan fingerprint density at radius 3 is 2.85 bits per heavy atom. The van der Waals surface area contributed by atoms with E-state index < -0.39 is 17.6 Å². The van der Waals surface area contributed by atoms with Crippen molar-refractivity contribution in [2.45, 2.75) is 31.9 Å². The number of aryl methyl sites for hydroxylation is 1. The molecule has 6 nitrogen and oxygen atoms in total. The summed E-state index contributed by atoms with van der Waals surface area (Å²) in [5, 5.41) is 10.4. The first-order chi connectivity index (χ1) is 12.3. The van der Waals surface area contributed by atoms with Gasteiger partial charge in [0.05, 0.1) is 11.1 Å². The zero-order valence-corrected chi connectivity index (χ0v) is 13.7. The summed E-state index contributed by atoms with van der Waals surface area (Å²) in [5.74, 6) is -0.140. The van der Waals surface area contributed by atoms with Crippen LogP contribution < -0.4 is 5.32 Å². The highest BCUT2D eigenvalue weighted by molar-refractivity contribution is 6.08. The Kier molecular flexibility index (Phi) is 3.67. The van der Waals surface area contributed by atoms with E-state index in [0.717, 1.165) is 36.2 Å². The minimum atomic E-state index is -4.47. The molecule has 3 aromatic rings. The highest BCUT2D eigenvalue weighted by atomic mass is 19.4. The molecule has 0 aromatic carbocycles. The maximum atomic E-state index is 12.7. The van der Waals surface area contributed by atoms with Crippen LogP contribution in [0.15, 0.2) is 30.7 Å². The third-order valence-corrected chi connectivity index (χ3v) is 4.63. The Balaban J connectivity index is 1.67. The molecule has 1 aliphatic carbocycles. The van der Waals surface area contributed by atoms with Gasteiger partial charge in [-0.2, -0.15) is 13.2 Å². The lowest BCUT2D eigenvalue weighted by atomic mass is 10.0. The monoisotopic (exact) mass is 361 g/mol. The molecule has 0 radical (unpaired) electrons. The number of hydrogen-bond donors (Lipinski definition) is 1. The van der Waals surface area contributed by atoms with Crippen molar-refractivity contribution in [1.29, 1.82) is 0 Å². The van der Waals surface area contributed by atoms with E-state index in [1.807, 2.05) is 0 Å². The van der Waals surface area contributed by atoms with Crippen LogP contribution >= 0.6 is 0 Å². The summed E-state index contributed by atoms with van der Waals surface area (Å²) in [6.45, 7) is 2.08. The largest absolute Gasteiger partial charge is 0.417 e. The van der Waals surface area contributed by atoms with Crippen LogP contribution in [-0.2, 0) is 12.6 Å². The van der Waals surface area contributed by atoms with Crippen LogP contribution in [0.2, 0.25) is 0 Å². The second kappa shape index (κ2) is 5.79. The predicted molar refractivity (Wildman–Crippen MR) is 86.9 cm³/mol. The molecule has 1 aliphatic rings. The molecule has 0 unspecified atom stereocenters. The van der Waals surface area contributed by atoms with E-state index in [4.69, 9.17) is 0 Å². The normalized spacial score (nSPS) is 16.7. The van der Waals surface area contributed by atoms with Gasteiger partial charge in [0, 0.05) is 11.9 Å². The van der Waals surface area contributed by atoms with Crippen LogP contribution in [0.5, 0.6) is 0 Å². The van der Waals surface area contributed by atoms with E-state index >= 15 is 0 Å². The molecule has 1 N–H and O–H groups in total. The van der Waals surface area contributed by atoms with Crippen LogP contribution in [0.25, 0.3) is 5.65 Å². The van der Waals surface area contributed by atoms with Crippen molar-refractivity contribution in [2.24, 2.45) is 0 Å². The maximum absolute atomic E-state index is 12.7. The number of carbonyl (C=O) groups excluding carboxylic acids is 1. The summed E-state index contributed by atoms with van der Waals surface area (Å²) in [5.41, 5.74) is 2.00. The molecule has 0 saturated heterocycles. The quantitative estimate of drug-likeness (QED) is 0.759. The van der Waals surface area contributed by atoms with E-state index in [-0.39, 0.29) is 5.82 Å². The third kappa shape index (κ3) is 2.69. The molecule has 0 aliphatic heterocycles. The molecule has 3 heterocycles. The highest BCUT2D eigenvalue weighted by Gasteiger charge is 2.31. The second-order valence-corrected chi connectivity index (χ2v) is 6.31. The fourth-order valence-corrected chi connectivity index (χ4v) is 3.25. The molecule has 4 rings (SSSR count). The van der Waals surface area contributed by atoms with Gasteiger partial charge in [-0.1, -0.05) is 6.92 Å². The predicted octanol–water partition coefficient (Wildman–Crippen LogP) is 3.45. The first-order valence-electron chi connectivity index (χ1n) is 8.04. The molecule has 0 bridgehead atoms. The van der Waals surface area contributed by atoms with Crippen LogP contribution in [-0.4, -0.2) is 25.5 Å². The molecule has 0 saturated carbocycles. The van der Waals surface area contributed by atoms with E-state index in [1.165, 1.54) is 0 Å². The molecule has 0 spiro atoms. The van der Waals surface area contributed by atoms with Crippen LogP contribution in [0.4, 0.5) is 19.0 Å². The zero-order valence-electron chi connectivity index (χ0n) is 13.7. The summed E-state index contributed by atoms with van der Waals surface area (Å²) >= 11 is 0. The number of nitrogens with zero attached hydrogens (tertiary/aromatic N) is 4. The van der Waals surface area contributed by atoms with Gasteiger partial charge in [-0.15, -0.1) is 10.2 Å². The lowest BCUT2D eigenvalue weighted by Gasteiger charge is -2.11. The number of hydrogen-bond acceptors (Lipinski definition) is 4. The molecule has 0 fully saturated rings. The minimum Gasteiger partial charge on any atom is -0.306 e. The van der Waals surface area contributed by atoms with E-state index in [1.54, 1.807) is 16.8 Å². The Hall–Kier alpha value is -2.97. The average Bonchev–Trinajstić information content (AvgIpc) is 3.20. The Morgan fingerprint density at radius 2 is 2.15 bits per heavy atom. The smallest absolute Gasteiger partial charge is 0.306 e. The third-order valence-electron chi connectivity index (χ3n) is 4.63. The van der Waals surface area contributed by atoms with E-state index in [2.05, 4.69) is 27.4 Å². The lowest BCUT2D eigenvalue weighted by Crippen LogP contribution is -2.16. The fourth-order valence-electron chi connectivity index (χ4n) is 3.25. The molecule has 1 atom stereocenters. The van der Waals surface area contributed by atoms with Gasteiger partial charge in [-0.05, 0) is 42.5 Å². The van der Waals surface area contributed by atoms with Crippen molar-refractivity contribution < 1.29 is 18.0 Å². The zero-order chi connectivity index (χ0) is 18.5. The first kappa shape index (κ1) is 16.5. The van der Waals surface area contributed by atoms with Crippen molar-refractivity contribution in [3.8, 4) is 0 Å². The molecule has 134 valence electrons. The van der Waals surface area contributed by atoms with E-state index in [9.17, 15) is 18.0 Å². The van der Waals surface area contributed by atoms with E-state index in [0.29, 0.717) is 23.3 Å². The molecule has 26 heavy (non-hydrogen) atoms.